The third kappa shape index (κ3) is 5.57. The largest absolute Gasteiger partial charge is 0.326 e. The van der Waals surface area contributed by atoms with Gasteiger partial charge in [0.05, 0.1) is 11.9 Å². The van der Waals surface area contributed by atoms with Crippen LogP contribution in [0.5, 0.6) is 0 Å². The molecule has 0 aromatic heterocycles. The molecule has 0 fully saturated rings. The highest BCUT2D eigenvalue weighted by Crippen LogP contribution is 2.24. The number of sulfonamides is 1. The average Bonchev–Trinajstić information content (AvgIpc) is 2.57. The monoisotopic (exact) mass is 388 g/mol. The molecule has 27 heavy (non-hydrogen) atoms. The highest BCUT2D eigenvalue weighted by molar-refractivity contribution is 7.92. The molecule has 1 N–H and O–H groups in total. The molecule has 0 bridgehead atoms. The number of anilines is 2. The van der Waals surface area contributed by atoms with Crippen molar-refractivity contribution in [2.75, 3.05) is 22.4 Å². The van der Waals surface area contributed by atoms with Gasteiger partial charge in [0.15, 0.2) is 0 Å². The Labute approximate surface area is 162 Å². The van der Waals surface area contributed by atoms with E-state index in [9.17, 15) is 13.2 Å². The highest BCUT2D eigenvalue weighted by Gasteiger charge is 2.19. The molecule has 2 aromatic carbocycles. The molecule has 0 aliphatic heterocycles. The lowest BCUT2D eigenvalue weighted by molar-refractivity contribution is -0.116. The van der Waals surface area contributed by atoms with Crippen molar-refractivity contribution in [2.24, 2.45) is 0 Å². The van der Waals surface area contributed by atoms with Gasteiger partial charge in [0, 0.05) is 18.7 Å². The van der Waals surface area contributed by atoms with Gasteiger partial charge in [-0.15, -0.1) is 0 Å². The molecule has 2 aromatic rings. The first-order valence-electron chi connectivity index (χ1n) is 9.00. The zero-order valence-electron chi connectivity index (χ0n) is 16.7. The maximum atomic E-state index is 12.3. The number of hydrogen-bond acceptors (Lipinski definition) is 3. The molecule has 0 heterocycles. The molecule has 0 saturated heterocycles. The summed E-state index contributed by atoms with van der Waals surface area (Å²) in [5, 5.41) is 2.92. The lowest BCUT2D eigenvalue weighted by atomic mass is 10.1. The summed E-state index contributed by atoms with van der Waals surface area (Å²) in [7, 11) is -3.42. The Morgan fingerprint density at radius 1 is 1.04 bits per heavy atom. The van der Waals surface area contributed by atoms with Crippen molar-refractivity contribution >= 4 is 27.3 Å². The molecule has 0 aliphatic rings. The van der Waals surface area contributed by atoms with Crippen LogP contribution >= 0.6 is 0 Å². The second-order valence-electron chi connectivity index (χ2n) is 7.02. The second kappa shape index (κ2) is 8.57. The van der Waals surface area contributed by atoms with E-state index in [4.69, 9.17) is 0 Å². The Balaban J connectivity index is 2.05. The van der Waals surface area contributed by atoms with E-state index in [2.05, 4.69) is 5.32 Å². The molecule has 6 heteroatoms. The summed E-state index contributed by atoms with van der Waals surface area (Å²) < 4.78 is 25.9. The minimum Gasteiger partial charge on any atom is -0.326 e. The minimum absolute atomic E-state index is 0.113. The average molecular weight is 389 g/mol. The van der Waals surface area contributed by atoms with Gasteiger partial charge in [-0.2, -0.15) is 0 Å². The van der Waals surface area contributed by atoms with Gasteiger partial charge in [0.25, 0.3) is 0 Å². The fourth-order valence-electron chi connectivity index (χ4n) is 2.94. The molecule has 1 amide bonds. The van der Waals surface area contributed by atoms with Gasteiger partial charge in [0.1, 0.15) is 0 Å². The maximum Gasteiger partial charge on any atom is 0.232 e. The lowest BCUT2D eigenvalue weighted by Crippen LogP contribution is -2.32. The van der Waals surface area contributed by atoms with Crippen LogP contribution in [0.25, 0.3) is 0 Å². The van der Waals surface area contributed by atoms with Crippen LogP contribution in [0.3, 0.4) is 0 Å². The van der Waals surface area contributed by atoms with Gasteiger partial charge in [-0.1, -0.05) is 24.3 Å². The number of nitrogens with zero attached hydrogens (tertiary/aromatic N) is 1. The number of rotatable bonds is 7. The summed E-state index contributed by atoms with van der Waals surface area (Å²) in [6.45, 7) is 8.06. The van der Waals surface area contributed by atoms with Crippen LogP contribution in [0.15, 0.2) is 36.4 Å². The van der Waals surface area contributed by atoms with E-state index >= 15 is 0 Å². The van der Waals surface area contributed by atoms with Crippen LogP contribution in [-0.4, -0.2) is 27.1 Å². The second-order valence-corrected chi connectivity index (χ2v) is 8.93. The van der Waals surface area contributed by atoms with Crippen molar-refractivity contribution in [3.05, 3.63) is 58.7 Å². The quantitative estimate of drug-likeness (QED) is 0.776. The highest BCUT2D eigenvalue weighted by atomic mass is 32.2. The van der Waals surface area contributed by atoms with E-state index in [0.717, 1.165) is 27.9 Å². The van der Waals surface area contributed by atoms with E-state index < -0.39 is 10.0 Å². The summed E-state index contributed by atoms with van der Waals surface area (Å²) >= 11 is 0. The number of carbonyl (C=O) groups is 1. The van der Waals surface area contributed by atoms with Gasteiger partial charge in [-0.25, -0.2) is 8.42 Å². The number of amides is 1. The first-order chi connectivity index (χ1) is 12.6. The minimum atomic E-state index is -3.42. The third-order valence-electron chi connectivity index (χ3n) is 4.68. The summed E-state index contributed by atoms with van der Waals surface area (Å²) in [5.41, 5.74) is 5.52. The van der Waals surface area contributed by atoms with Crippen LogP contribution in [0, 0.1) is 27.7 Å². The van der Waals surface area contributed by atoms with E-state index in [-0.39, 0.29) is 18.9 Å². The predicted octanol–water partition coefficient (Wildman–Crippen LogP) is 4.11. The van der Waals surface area contributed by atoms with E-state index in [1.54, 1.807) is 0 Å². The van der Waals surface area contributed by atoms with Crippen LogP contribution in [0.4, 0.5) is 11.4 Å². The Morgan fingerprint density at radius 3 is 2.41 bits per heavy atom. The Kier molecular flexibility index (Phi) is 6.65. The Bertz CT molecular complexity index is 936. The fourth-order valence-corrected chi connectivity index (χ4v) is 3.95. The van der Waals surface area contributed by atoms with E-state index in [1.807, 2.05) is 64.1 Å². The van der Waals surface area contributed by atoms with Crippen molar-refractivity contribution in [1.82, 2.24) is 0 Å². The smallest absolute Gasteiger partial charge is 0.232 e. The fraction of sp³-hybridized carbons (Fsp3) is 0.381. The maximum absolute atomic E-state index is 12.3. The van der Waals surface area contributed by atoms with Crippen molar-refractivity contribution in [2.45, 2.75) is 40.5 Å². The molecule has 0 spiro atoms. The zero-order chi connectivity index (χ0) is 20.2. The van der Waals surface area contributed by atoms with Gasteiger partial charge in [-0.3, -0.25) is 9.10 Å². The van der Waals surface area contributed by atoms with Gasteiger partial charge >= 0.3 is 0 Å². The number of hydrogen-bond donors (Lipinski definition) is 1. The number of benzene rings is 2. The summed E-state index contributed by atoms with van der Waals surface area (Å²) in [6.07, 6.45) is 1.90. The Hall–Kier alpha value is -2.34. The molecule has 0 aliphatic carbocycles. The molecular weight excluding hydrogens is 360 g/mol. The number of aryl methyl sites for hydroxylation is 3. The zero-order valence-corrected chi connectivity index (χ0v) is 17.5. The third-order valence-corrected chi connectivity index (χ3v) is 5.86. The van der Waals surface area contributed by atoms with E-state index in [0.29, 0.717) is 12.1 Å². The van der Waals surface area contributed by atoms with Crippen LogP contribution in [-0.2, 0) is 14.8 Å². The van der Waals surface area contributed by atoms with Gasteiger partial charge < -0.3 is 5.32 Å². The van der Waals surface area contributed by atoms with Crippen molar-refractivity contribution in [3.8, 4) is 0 Å². The summed E-state index contributed by atoms with van der Waals surface area (Å²) in [4.78, 5) is 12.3. The molecule has 0 unspecified atom stereocenters. The molecule has 0 radical (unpaired) electrons. The predicted molar refractivity (Wildman–Crippen MR) is 112 cm³/mol. The van der Waals surface area contributed by atoms with Crippen LogP contribution in [0.2, 0.25) is 0 Å². The molecule has 5 nitrogen and oxygen atoms in total. The van der Waals surface area contributed by atoms with Crippen molar-refractivity contribution in [1.29, 1.82) is 0 Å². The molecule has 146 valence electrons. The van der Waals surface area contributed by atoms with Crippen molar-refractivity contribution < 1.29 is 13.2 Å². The Morgan fingerprint density at radius 2 is 1.74 bits per heavy atom. The van der Waals surface area contributed by atoms with Gasteiger partial charge in [-0.05, 0) is 68.5 Å². The first-order valence-corrected chi connectivity index (χ1v) is 10.9. The number of carbonyl (C=O) groups excluding carboxylic acids is 1. The molecule has 2 rings (SSSR count). The van der Waals surface area contributed by atoms with Crippen LogP contribution in [0.1, 0.15) is 35.1 Å². The topological polar surface area (TPSA) is 66.5 Å². The van der Waals surface area contributed by atoms with Gasteiger partial charge in [0.2, 0.25) is 15.9 Å². The molecule has 0 atom stereocenters. The standard InChI is InChI=1S/C21H28N2O3S/c1-15-11-12-17(3)20(14-15)23(27(5,25)26)13-7-10-21(24)22-19-9-6-8-16(2)18(19)4/h6,8-9,11-12,14H,7,10,13H2,1-5H3,(H,22,24). The van der Waals surface area contributed by atoms with Crippen molar-refractivity contribution in [3.63, 3.8) is 0 Å². The first kappa shape index (κ1) is 21.0. The molecule has 0 saturated carbocycles. The lowest BCUT2D eigenvalue weighted by Gasteiger charge is -2.24. The SMILES string of the molecule is Cc1ccc(C)c(N(CCCC(=O)Nc2cccc(C)c2C)S(C)(=O)=O)c1. The van der Waals surface area contributed by atoms with E-state index in [1.165, 1.54) is 10.6 Å². The number of nitrogens with one attached hydrogen (secondary N) is 1. The van der Waals surface area contributed by atoms with Crippen LogP contribution < -0.4 is 9.62 Å². The normalized spacial score (nSPS) is 11.3. The summed E-state index contributed by atoms with van der Waals surface area (Å²) in [6, 6.07) is 11.5. The summed E-state index contributed by atoms with van der Waals surface area (Å²) in [5.74, 6) is -0.113. The molecular formula is C21H28N2O3S.